The lowest BCUT2D eigenvalue weighted by molar-refractivity contribution is -0.128. The molecule has 0 saturated carbocycles. The number of carbonyl (C=O) groups excluding carboxylic acids is 2. The number of nitrogens with zero attached hydrogens (tertiary/aromatic N) is 2. The number of ketones is 1. The molecule has 0 spiro atoms. The van der Waals surface area contributed by atoms with Crippen LogP contribution in [0.2, 0.25) is 0 Å². The number of pyridine rings is 1. The highest BCUT2D eigenvalue weighted by Gasteiger charge is 2.27. The van der Waals surface area contributed by atoms with Crippen LogP contribution in [0.15, 0.2) is 18.3 Å². The van der Waals surface area contributed by atoms with Crippen molar-refractivity contribution in [3.63, 3.8) is 0 Å². The molecule has 1 saturated heterocycles. The number of carbonyl (C=O) groups is 2. The molecule has 5 heteroatoms. The van der Waals surface area contributed by atoms with Gasteiger partial charge >= 0.3 is 0 Å². The molecule has 2 heterocycles. The molecule has 2 rings (SSSR count). The number of hydrogen-bond acceptors (Lipinski definition) is 4. The molecule has 1 aliphatic heterocycles. The Bertz CT molecular complexity index is 431. The molecule has 0 atom stereocenters. The van der Waals surface area contributed by atoms with Gasteiger partial charge in [0.2, 0.25) is 11.8 Å². The van der Waals surface area contributed by atoms with Crippen LogP contribution in [-0.2, 0) is 16.1 Å². The Labute approximate surface area is 93.0 Å². The van der Waals surface area contributed by atoms with Gasteiger partial charge in [-0.1, -0.05) is 6.07 Å². The van der Waals surface area contributed by atoms with Crippen LogP contribution in [0.5, 0.6) is 5.88 Å². The third-order valence-corrected chi connectivity index (χ3v) is 2.47. The van der Waals surface area contributed by atoms with Crippen molar-refractivity contribution in [3.8, 4) is 5.88 Å². The Balaban J connectivity index is 2.14. The number of hydrogen-bond donors (Lipinski definition) is 0. The SMILES string of the molecule is COc1ncccc1CN1CC(=O)CC1=O. The highest BCUT2D eigenvalue weighted by molar-refractivity contribution is 6.05. The molecule has 5 nitrogen and oxygen atoms in total. The molecule has 1 aliphatic rings. The molecule has 0 aliphatic carbocycles. The summed E-state index contributed by atoms with van der Waals surface area (Å²) in [5, 5.41) is 0. The highest BCUT2D eigenvalue weighted by atomic mass is 16.5. The molecule has 16 heavy (non-hydrogen) atoms. The van der Waals surface area contributed by atoms with E-state index in [0.717, 1.165) is 5.56 Å². The largest absolute Gasteiger partial charge is 0.481 e. The Morgan fingerprint density at radius 2 is 2.31 bits per heavy atom. The average Bonchev–Trinajstić information content (AvgIpc) is 2.58. The molecule has 1 aromatic heterocycles. The summed E-state index contributed by atoms with van der Waals surface area (Å²) in [6.07, 6.45) is 1.64. The summed E-state index contributed by atoms with van der Waals surface area (Å²) in [4.78, 5) is 28.1. The Kier molecular flexibility index (Phi) is 2.85. The van der Waals surface area contributed by atoms with Gasteiger partial charge in [-0.2, -0.15) is 0 Å². The van der Waals surface area contributed by atoms with Crippen LogP contribution < -0.4 is 4.74 Å². The van der Waals surface area contributed by atoms with Crippen LogP contribution in [0, 0.1) is 0 Å². The summed E-state index contributed by atoms with van der Waals surface area (Å²) in [6.45, 7) is 0.568. The van der Waals surface area contributed by atoms with Crippen molar-refractivity contribution >= 4 is 11.7 Å². The van der Waals surface area contributed by atoms with Gasteiger partial charge < -0.3 is 9.64 Å². The molecule has 1 amide bonds. The molecule has 0 radical (unpaired) electrons. The van der Waals surface area contributed by atoms with E-state index in [4.69, 9.17) is 4.74 Å². The van der Waals surface area contributed by atoms with E-state index in [9.17, 15) is 9.59 Å². The Morgan fingerprint density at radius 1 is 1.50 bits per heavy atom. The number of Topliss-reactive ketones (excluding diaryl/α,β-unsaturated/α-hetero) is 1. The standard InChI is InChI=1S/C11H12N2O3/c1-16-11-8(3-2-4-12-11)6-13-7-9(14)5-10(13)15/h2-4H,5-7H2,1H3. The van der Waals surface area contributed by atoms with E-state index in [0.29, 0.717) is 12.4 Å². The molecule has 0 aromatic carbocycles. The summed E-state index contributed by atoms with van der Waals surface area (Å²) in [7, 11) is 1.53. The quantitative estimate of drug-likeness (QED) is 0.691. The van der Waals surface area contributed by atoms with Crippen molar-refractivity contribution < 1.29 is 14.3 Å². The topological polar surface area (TPSA) is 59.5 Å². The first-order valence-corrected chi connectivity index (χ1v) is 4.98. The van der Waals surface area contributed by atoms with Gasteiger partial charge in [-0.05, 0) is 6.07 Å². The maximum atomic E-state index is 11.4. The van der Waals surface area contributed by atoms with Crippen LogP contribution in [0.25, 0.3) is 0 Å². The van der Waals surface area contributed by atoms with E-state index in [1.807, 2.05) is 6.07 Å². The van der Waals surface area contributed by atoms with Crippen molar-refractivity contribution in [2.45, 2.75) is 13.0 Å². The summed E-state index contributed by atoms with van der Waals surface area (Å²) in [6, 6.07) is 3.61. The van der Waals surface area contributed by atoms with Crippen molar-refractivity contribution in [3.05, 3.63) is 23.9 Å². The minimum atomic E-state index is -0.129. The number of methoxy groups -OCH3 is 1. The number of amides is 1. The van der Waals surface area contributed by atoms with E-state index in [1.165, 1.54) is 12.0 Å². The third kappa shape index (κ3) is 2.03. The third-order valence-electron chi connectivity index (χ3n) is 2.47. The Hall–Kier alpha value is -1.91. The van der Waals surface area contributed by atoms with Crippen molar-refractivity contribution in [2.24, 2.45) is 0 Å². The molecule has 1 aromatic rings. The van der Waals surface area contributed by atoms with Crippen molar-refractivity contribution in [1.82, 2.24) is 9.88 Å². The molecule has 0 N–H and O–H groups in total. The van der Waals surface area contributed by atoms with Gasteiger partial charge in [0.05, 0.1) is 26.6 Å². The smallest absolute Gasteiger partial charge is 0.230 e. The maximum absolute atomic E-state index is 11.4. The molecule has 1 fully saturated rings. The number of likely N-dealkylation sites (tertiary alicyclic amines) is 1. The van der Waals surface area contributed by atoms with Crippen molar-refractivity contribution in [2.75, 3.05) is 13.7 Å². The van der Waals surface area contributed by atoms with Crippen molar-refractivity contribution in [1.29, 1.82) is 0 Å². The number of aromatic nitrogens is 1. The van der Waals surface area contributed by atoms with Gasteiger partial charge in [0.25, 0.3) is 0 Å². The molecule has 0 bridgehead atoms. The fourth-order valence-corrected chi connectivity index (χ4v) is 1.72. The molecular weight excluding hydrogens is 208 g/mol. The normalized spacial score (nSPS) is 15.7. The lowest BCUT2D eigenvalue weighted by Gasteiger charge is -2.15. The summed E-state index contributed by atoms with van der Waals surface area (Å²) < 4.78 is 5.08. The summed E-state index contributed by atoms with van der Waals surface area (Å²) >= 11 is 0. The highest BCUT2D eigenvalue weighted by Crippen LogP contribution is 2.18. The van der Waals surface area contributed by atoms with Crippen LogP contribution >= 0.6 is 0 Å². The van der Waals surface area contributed by atoms with E-state index < -0.39 is 0 Å². The monoisotopic (exact) mass is 220 g/mol. The van der Waals surface area contributed by atoms with E-state index in [-0.39, 0.29) is 24.7 Å². The van der Waals surface area contributed by atoms with E-state index >= 15 is 0 Å². The molecular formula is C11H12N2O3. The van der Waals surface area contributed by atoms with Crippen LogP contribution in [0.4, 0.5) is 0 Å². The second-order valence-corrected chi connectivity index (χ2v) is 3.64. The lowest BCUT2D eigenvalue weighted by atomic mass is 10.2. The summed E-state index contributed by atoms with van der Waals surface area (Å²) in [5.41, 5.74) is 0.813. The first kappa shape index (κ1) is 10.6. The van der Waals surface area contributed by atoms with Crippen LogP contribution in [0.1, 0.15) is 12.0 Å². The minimum Gasteiger partial charge on any atom is -0.481 e. The van der Waals surface area contributed by atoms with Gasteiger partial charge in [0.1, 0.15) is 0 Å². The molecule has 0 unspecified atom stereocenters. The van der Waals surface area contributed by atoms with Crippen LogP contribution in [-0.4, -0.2) is 35.2 Å². The lowest BCUT2D eigenvalue weighted by Crippen LogP contribution is -2.24. The van der Waals surface area contributed by atoms with Gasteiger partial charge in [0, 0.05) is 11.8 Å². The van der Waals surface area contributed by atoms with Crippen LogP contribution in [0.3, 0.4) is 0 Å². The fourth-order valence-electron chi connectivity index (χ4n) is 1.72. The first-order valence-electron chi connectivity index (χ1n) is 4.98. The van der Waals surface area contributed by atoms with Gasteiger partial charge in [0.15, 0.2) is 5.78 Å². The Morgan fingerprint density at radius 3 is 2.94 bits per heavy atom. The van der Waals surface area contributed by atoms with Gasteiger partial charge in [-0.15, -0.1) is 0 Å². The fraction of sp³-hybridized carbons (Fsp3) is 0.364. The van der Waals surface area contributed by atoms with Gasteiger partial charge in [-0.3, -0.25) is 9.59 Å². The number of ether oxygens (including phenoxy) is 1. The summed E-state index contributed by atoms with van der Waals surface area (Å²) in [5.74, 6) is 0.332. The van der Waals surface area contributed by atoms with E-state index in [1.54, 1.807) is 12.3 Å². The zero-order valence-electron chi connectivity index (χ0n) is 8.97. The maximum Gasteiger partial charge on any atom is 0.230 e. The zero-order chi connectivity index (χ0) is 11.5. The van der Waals surface area contributed by atoms with E-state index in [2.05, 4.69) is 4.98 Å². The number of rotatable bonds is 3. The van der Waals surface area contributed by atoms with Gasteiger partial charge in [-0.25, -0.2) is 4.98 Å². The molecule has 84 valence electrons. The predicted molar refractivity (Wildman–Crippen MR) is 55.8 cm³/mol. The average molecular weight is 220 g/mol. The predicted octanol–water partition coefficient (Wildman–Crippen LogP) is 0.392. The first-order chi connectivity index (χ1) is 7.70. The second-order valence-electron chi connectivity index (χ2n) is 3.64. The second kappa shape index (κ2) is 4.30. The zero-order valence-corrected chi connectivity index (χ0v) is 8.97. The minimum absolute atomic E-state index is 0.0164.